The number of nitrogens with zero attached hydrogens (tertiary/aromatic N) is 6. The van der Waals surface area contributed by atoms with Crippen LogP contribution in [0.25, 0.3) is 15.3 Å². The molecule has 0 aromatic carbocycles. The number of pyridine rings is 1. The monoisotopic (exact) mass is 508 g/mol. The fourth-order valence-corrected chi connectivity index (χ4v) is 5.22. The van der Waals surface area contributed by atoms with E-state index in [4.69, 9.17) is 4.74 Å². The number of anilines is 2. The van der Waals surface area contributed by atoms with Crippen LogP contribution in [-0.2, 0) is 11.8 Å². The van der Waals surface area contributed by atoms with Crippen LogP contribution < -0.4 is 15.4 Å². The third-order valence-electron chi connectivity index (χ3n) is 6.50. The van der Waals surface area contributed by atoms with Crippen LogP contribution in [-0.4, -0.2) is 66.8 Å². The molecule has 36 heavy (non-hydrogen) atoms. The molecule has 4 aromatic heterocycles. The first-order chi connectivity index (χ1) is 17.1. The minimum atomic E-state index is -0.313. The van der Waals surface area contributed by atoms with Gasteiger partial charge < -0.3 is 15.4 Å². The van der Waals surface area contributed by atoms with Gasteiger partial charge in [-0.1, -0.05) is 0 Å². The molecule has 188 valence electrons. The van der Waals surface area contributed by atoms with Gasteiger partial charge in [-0.2, -0.15) is 5.10 Å². The van der Waals surface area contributed by atoms with Crippen molar-refractivity contribution in [2.24, 2.45) is 7.05 Å². The molecule has 2 N–H and O–H groups in total. The van der Waals surface area contributed by atoms with Crippen LogP contribution in [0.2, 0.25) is 0 Å². The zero-order valence-corrected chi connectivity index (χ0v) is 21.6. The number of aryl methyl sites for hydroxylation is 2. The molecular weight excluding hydrogens is 480 g/mol. The Morgan fingerprint density at radius 2 is 2.03 bits per heavy atom. The number of amides is 2. The Kier molecular flexibility index (Phi) is 6.00. The Hall–Kier alpha value is -3.77. The lowest BCUT2D eigenvalue weighted by molar-refractivity contribution is -0.121. The summed E-state index contributed by atoms with van der Waals surface area (Å²) in [5.41, 5.74) is 2.99. The number of carbonyl (C=O) groups excluding carboxylic acids is 2. The first-order valence-electron chi connectivity index (χ1n) is 11.5. The highest BCUT2D eigenvalue weighted by atomic mass is 32.1. The Morgan fingerprint density at radius 1 is 1.22 bits per heavy atom. The number of rotatable bonds is 7. The standard InChI is InChI=1S/C24H28N8O3S/c1-14-18(8-15(9-25-14)27-20(33)13-31-7-6-24(31,2)3)28-21(34)16-10-26-32-12-19(36-23(16)32)17-11-30(4)29-22(17)35-5/h8-12H,6-7,13H2,1-5H3,(H,27,33)(H,28,34). The maximum Gasteiger partial charge on any atom is 0.260 e. The van der Waals surface area contributed by atoms with Crippen molar-refractivity contribution in [3.8, 4) is 16.3 Å². The lowest BCUT2D eigenvalue weighted by Gasteiger charge is -2.48. The van der Waals surface area contributed by atoms with Crippen LogP contribution in [0, 0.1) is 6.92 Å². The quantitative estimate of drug-likeness (QED) is 0.394. The van der Waals surface area contributed by atoms with E-state index in [1.807, 2.05) is 19.4 Å². The largest absolute Gasteiger partial charge is 0.479 e. The topological polar surface area (TPSA) is 119 Å². The number of nitrogens with one attached hydrogen (secondary N) is 2. The summed E-state index contributed by atoms with van der Waals surface area (Å²) in [5, 5.41) is 14.4. The number of hydrogen-bond donors (Lipinski definition) is 2. The second-order valence-electron chi connectivity index (χ2n) is 9.47. The van der Waals surface area contributed by atoms with Crippen LogP contribution in [0.4, 0.5) is 11.4 Å². The van der Waals surface area contributed by atoms with Gasteiger partial charge in [-0.15, -0.1) is 16.4 Å². The van der Waals surface area contributed by atoms with Crippen molar-refractivity contribution < 1.29 is 14.3 Å². The van der Waals surface area contributed by atoms with Gasteiger partial charge in [-0.3, -0.25) is 24.2 Å². The molecule has 1 aliphatic heterocycles. The molecule has 0 bridgehead atoms. The predicted molar refractivity (Wildman–Crippen MR) is 138 cm³/mol. The average molecular weight is 509 g/mol. The molecule has 1 saturated heterocycles. The predicted octanol–water partition coefficient (Wildman–Crippen LogP) is 3.18. The molecule has 1 aliphatic rings. The van der Waals surface area contributed by atoms with E-state index in [0.717, 1.165) is 23.4 Å². The van der Waals surface area contributed by atoms with Crippen molar-refractivity contribution in [1.82, 2.24) is 29.3 Å². The third kappa shape index (κ3) is 4.44. The second kappa shape index (κ2) is 9.03. The first kappa shape index (κ1) is 23.9. The molecular formula is C24H28N8O3S. The van der Waals surface area contributed by atoms with E-state index >= 15 is 0 Å². The number of ether oxygens (including phenoxy) is 1. The van der Waals surface area contributed by atoms with Crippen molar-refractivity contribution in [3.05, 3.63) is 42.1 Å². The lowest BCUT2D eigenvalue weighted by Crippen LogP contribution is -2.57. The number of thiazole rings is 1. The molecule has 5 rings (SSSR count). The number of carbonyl (C=O) groups is 2. The van der Waals surface area contributed by atoms with E-state index in [-0.39, 0.29) is 17.4 Å². The van der Waals surface area contributed by atoms with Crippen LogP contribution in [0.5, 0.6) is 5.88 Å². The molecule has 2 amide bonds. The van der Waals surface area contributed by atoms with Crippen LogP contribution in [0.1, 0.15) is 36.3 Å². The minimum absolute atomic E-state index is 0.0444. The average Bonchev–Trinajstić information content (AvgIpc) is 3.52. The van der Waals surface area contributed by atoms with Gasteiger partial charge in [0.2, 0.25) is 11.8 Å². The Bertz CT molecular complexity index is 1470. The molecule has 0 aliphatic carbocycles. The summed E-state index contributed by atoms with van der Waals surface area (Å²) in [7, 11) is 3.39. The maximum atomic E-state index is 13.2. The second-order valence-corrected chi connectivity index (χ2v) is 10.5. The van der Waals surface area contributed by atoms with E-state index in [1.54, 1.807) is 35.5 Å². The van der Waals surface area contributed by atoms with Gasteiger partial charge in [0, 0.05) is 31.5 Å². The molecule has 4 aromatic rings. The summed E-state index contributed by atoms with van der Waals surface area (Å²) in [6, 6.07) is 1.72. The normalized spacial score (nSPS) is 15.0. The summed E-state index contributed by atoms with van der Waals surface area (Å²) in [6.07, 6.45) is 7.91. The Morgan fingerprint density at radius 3 is 2.72 bits per heavy atom. The van der Waals surface area contributed by atoms with Crippen molar-refractivity contribution in [2.45, 2.75) is 32.7 Å². The SMILES string of the molecule is COc1nn(C)cc1-c1cn2ncc(C(=O)Nc3cc(NC(=O)CN4CCC4(C)C)cnc3C)c2s1. The minimum Gasteiger partial charge on any atom is -0.479 e. The zero-order chi connectivity index (χ0) is 25.6. The Balaban J connectivity index is 1.33. The highest BCUT2D eigenvalue weighted by Gasteiger charge is 2.36. The van der Waals surface area contributed by atoms with Crippen molar-refractivity contribution in [1.29, 1.82) is 0 Å². The number of methoxy groups -OCH3 is 1. The van der Waals surface area contributed by atoms with E-state index in [9.17, 15) is 9.59 Å². The van der Waals surface area contributed by atoms with Crippen molar-refractivity contribution in [3.63, 3.8) is 0 Å². The molecule has 5 heterocycles. The molecule has 0 atom stereocenters. The fourth-order valence-electron chi connectivity index (χ4n) is 4.16. The maximum absolute atomic E-state index is 13.2. The Labute approximate surface area is 212 Å². The molecule has 1 fully saturated rings. The summed E-state index contributed by atoms with van der Waals surface area (Å²) >= 11 is 1.42. The lowest BCUT2D eigenvalue weighted by atomic mass is 9.89. The molecule has 0 radical (unpaired) electrons. The van der Waals surface area contributed by atoms with Gasteiger partial charge in [-0.25, -0.2) is 4.52 Å². The van der Waals surface area contributed by atoms with Gasteiger partial charge in [0.15, 0.2) is 0 Å². The van der Waals surface area contributed by atoms with Crippen LogP contribution in [0.15, 0.2) is 30.9 Å². The van der Waals surface area contributed by atoms with Crippen LogP contribution in [0.3, 0.4) is 0 Å². The van der Waals surface area contributed by atoms with Crippen molar-refractivity contribution >= 4 is 39.4 Å². The smallest absolute Gasteiger partial charge is 0.260 e. The summed E-state index contributed by atoms with van der Waals surface area (Å²) in [6.45, 7) is 7.28. The molecule has 0 unspecified atom stereocenters. The molecule has 11 nitrogen and oxygen atoms in total. The number of aromatic nitrogens is 5. The van der Waals surface area contributed by atoms with E-state index in [2.05, 4.69) is 44.6 Å². The third-order valence-corrected chi connectivity index (χ3v) is 7.64. The van der Waals surface area contributed by atoms with Crippen molar-refractivity contribution in [2.75, 3.05) is 30.8 Å². The van der Waals surface area contributed by atoms with Gasteiger partial charge in [0.1, 0.15) is 4.83 Å². The van der Waals surface area contributed by atoms with Gasteiger partial charge in [0.05, 0.1) is 59.1 Å². The molecule has 0 saturated carbocycles. The highest BCUT2D eigenvalue weighted by Crippen LogP contribution is 2.35. The molecule has 0 spiro atoms. The van der Waals surface area contributed by atoms with Gasteiger partial charge in [0.25, 0.3) is 5.91 Å². The van der Waals surface area contributed by atoms with Gasteiger partial charge >= 0.3 is 0 Å². The first-order valence-corrected chi connectivity index (χ1v) is 12.3. The van der Waals surface area contributed by atoms with Gasteiger partial charge in [-0.05, 0) is 33.3 Å². The summed E-state index contributed by atoms with van der Waals surface area (Å²) < 4.78 is 8.71. The fraction of sp³-hybridized carbons (Fsp3) is 0.375. The molecule has 12 heteroatoms. The number of fused-ring (bicyclic) bond motifs is 1. The van der Waals surface area contributed by atoms with E-state index in [0.29, 0.717) is 39.9 Å². The van der Waals surface area contributed by atoms with Crippen LogP contribution >= 0.6 is 11.3 Å². The highest BCUT2D eigenvalue weighted by molar-refractivity contribution is 7.21. The zero-order valence-electron chi connectivity index (χ0n) is 20.8. The number of hydrogen-bond acceptors (Lipinski definition) is 8. The number of likely N-dealkylation sites (tertiary alicyclic amines) is 1. The summed E-state index contributed by atoms with van der Waals surface area (Å²) in [5.74, 6) is 0.0829. The van der Waals surface area contributed by atoms with E-state index in [1.165, 1.54) is 17.5 Å². The summed E-state index contributed by atoms with van der Waals surface area (Å²) in [4.78, 5) is 33.8. The van der Waals surface area contributed by atoms with E-state index < -0.39 is 0 Å².